The van der Waals surface area contributed by atoms with Gasteiger partial charge in [0.25, 0.3) is 0 Å². The van der Waals surface area contributed by atoms with E-state index in [2.05, 4.69) is 0 Å². The molecule has 1 heterocycles. The Morgan fingerprint density at radius 3 is 2.67 bits per heavy atom. The number of nitrogens with two attached hydrogens (primary N) is 1. The van der Waals surface area contributed by atoms with E-state index in [0.29, 0.717) is 33.0 Å². The summed E-state index contributed by atoms with van der Waals surface area (Å²) in [5, 5.41) is 1.07. The van der Waals surface area contributed by atoms with Crippen LogP contribution >= 0.6 is 0 Å². The number of hydrogen-bond donors (Lipinski definition) is 1. The van der Waals surface area contributed by atoms with Crippen LogP contribution in [0.1, 0.15) is 17.7 Å². The van der Waals surface area contributed by atoms with Gasteiger partial charge in [0.2, 0.25) is 0 Å². The number of methoxy groups -OCH3 is 1. The highest BCUT2D eigenvalue weighted by atomic mass is 16.5. The van der Waals surface area contributed by atoms with Crippen LogP contribution in [0.25, 0.3) is 11.0 Å². The molecule has 21 heavy (non-hydrogen) atoms. The van der Waals surface area contributed by atoms with Crippen LogP contribution in [0.5, 0.6) is 0 Å². The lowest BCUT2D eigenvalue weighted by atomic mass is 10.1. The van der Waals surface area contributed by atoms with Crippen LogP contribution in [0.3, 0.4) is 0 Å². The molecule has 5 nitrogen and oxygen atoms in total. The van der Waals surface area contributed by atoms with E-state index in [1.54, 1.807) is 7.11 Å². The first-order valence-corrected chi connectivity index (χ1v) is 7.20. The minimum atomic E-state index is 0.376. The lowest BCUT2D eigenvalue weighted by Gasteiger charge is -2.06. The van der Waals surface area contributed by atoms with Gasteiger partial charge in [-0.05, 0) is 12.5 Å². The summed E-state index contributed by atoms with van der Waals surface area (Å²) in [6, 6.07) is 7.90. The number of hydrogen-bond acceptors (Lipinski definition) is 5. The zero-order chi connectivity index (χ0) is 14.9. The first-order valence-electron chi connectivity index (χ1n) is 7.20. The van der Waals surface area contributed by atoms with Crippen molar-refractivity contribution < 1.29 is 18.6 Å². The van der Waals surface area contributed by atoms with Gasteiger partial charge in [-0.15, -0.1) is 0 Å². The predicted molar refractivity (Wildman–Crippen MR) is 81.1 cm³/mol. The van der Waals surface area contributed by atoms with Crippen molar-refractivity contribution in [2.24, 2.45) is 5.73 Å². The first kappa shape index (κ1) is 16.0. The lowest BCUT2D eigenvalue weighted by molar-refractivity contribution is 0.0335. The van der Waals surface area contributed by atoms with Crippen molar-refractivity contribution in [2.45, 2.75) is 19.6 Å². The van der Waals surface area contributed by atoms with Crippen molar-refractivity contribution in [3.63, 3.8) is 0 Å². The summed E-state index contributed by atoms with van der Waals surface area (Å²) >= 11 is 0. The molecule has 0 amide bonds. The second-order valence-electron chi connectivity index (χ2n) is 4.72. The Kier molecular flexibility index (Phi) is 6.69. The highest BCUT2D eigenvalue weighted by molar-refractivity contribution is 5.82. The third-order valence-electron chi connectivity index (χ3n) is 3.22. The molecule has 0 aliphatic heterocycles. The van der Waals surface area contributed by atoms with Gasteiger partial charge < -0.3 is 24.4 Å². The van der Waals surface area contributed by atoms with Crippen LogP contribution in [0.2, 0.25) is 0 Å². The van der Waals surface area contributed by atoms with Gasteiger partial charge in [-0.2, -0.15) is 0 Å². The van der Waals surface area contributed by atoms with Gasteiger partial charge in [-0.1, -0.05) is 18.2 Å². The van der Waals surface area contributed by atoms with Gasteiger partial charge in [0, 0.05) is 31.3 Å². The quantitative estimate of drug-likeness (QED) is 0.682. The molecule has 2 N–H and O–H groups in total. The number of fused-ring (bicyclic) bond motifs is 1. The third kappa shape index (κ3) is 4.54. The molecule has 0 fully saturated rings. The molecule has 1 aromatic carbocycles. The van der Waals surface area contributed by atoms with Crippen molar-refractivity contribution in [1.82, 2.24) is 0 Å². The molecule has 0 unspecified atom stereocenters. The lowest BCUT2D eigenvalue weighted by Crippen LogP contribution is -2.07. The zero-order valence-corrected chi connectivity index (χ0v) is 12.5. The summed E-state index contributed by atoms with van der Waals surface area (Å²) in [6.07, 6.45) is 0.903. The number of furan rings is 1. The molecule has 0 aliphatic carbocycles. The third-order valence-corrected chi connectivity index (χ3v) is 3.22. The topological polar surface area (TPSA) is 66.8 Å². The van der Waals surface area contributed by atoms with E-state index >= 15 is 0 Å². The number of rotatable bonds is 10. The van der Waals surface area contributed by atoms with Crippen molar-refractivity contribution in [3.8, 4) is 0 Å². The number of benzene rings is 1. The largest absolute Gasteiger partial charge is 0.459 e. The summed E-state index contributed by atoms with van der Waals surface area (Å²) in [6.45, 7) is 3.42. The highest BCUT2D eigenvalue weighted by Crippen LogP contribution is 2.26. The molecule has 0 radical (unpaired) electrons. The summed E-state index contributed by atoms with van der Waals surface area (Å²) < 4.78 is 21.8. The highest BCUT2D eigenvalue weighted by Gasteiger charge is 2.12. The maximum absolute atomic E-state index is 5.73. The summed E-state index contributed by atoms with van der Waals surface area (Å²) in [5.41, 5.74) is 7.62. The van der Waals surface area contributed by atoms with Gasteiger partial charge in [0.05, 0.1) is 26.4 Å². The van der Waals surface area contributed by atoms with E-state index in [9.17, 15) is 0 Å². The van der Waals surface area contributed by atoms with Gasteiger partial charge in [0.15, 0.2) is 0 Å². The Morgan fingerprint density at radius 1 is 1.05 bits per heavy atom. The number of para-hydroxylation sites is 1. The molecule has 1 aromatic heterocycles. The predicted octanol–water partition coefficient (Wildman–Crippen LogP) is 2.46. The molecule has 116 valence electrons. The molecule has 0 aliphatic rings. The second kappa shape index (κ2) is 8.79. The van der Waals surface area contributed by atoms with Crippen LogP contribution < -0.4 is 5.73 Å². The van der Waals surface area contributed by atoms with E-state index in [0.717, 1.165) is 35.3 Å². The van der Waals surface area contributed by atoms with Gasteiger partial charge in [-0.25, -0.2) is 0 Å². The Labute approximate surface area is 125 Å². The van der Waals surface area contributed by atoms with Crippen molar-refractivity contribution in [3.05, 3.63) is 35.6 Å². The van der Waals surface area contributed by atoms with E-state index in [1.807, 2.05) is 24.3 Å². The summed E-state index contributed by atoms with van der Waals surface area (Å²) in [4.78, 5) is 0. The standard InChI is InChI=1S/C16H23NO4/c1-18-7-4-8-19-9-10-20-12-14-13-5-2-3-6-15(13)21-16(14)11-17/h2-3,5-6H,4,7-12,17H2,1H3. The van der Waals surface area contributed by atoms with E-state index in [1.165, 1.54) is 0 Å². The van der Waals surface area contributed by atoms with Crippen molar-refractivity contribution in [2.75, 3.05) is 33.5 Å². The molecule has 2 rings (SSSR count). The molecule has 2 aromatic rings. The van der Waals surface area contributed by atoms with E-state index in [4.69, 9.17) is 24.4 Å². The Hall–Kier alpha value is -1.40. The second-order valence-corrected chi connectivity index (χ2v) is 4.72. The van der Waals surface area contributed by atoms with Crippen LogP contribution in [0.4, 0.5) is 0 Å². The molecule has 0 atom stereocenters. The molecular weight excluding hydrogens is 270 g/mol. The monoisotopic (exact) mass is 293 g/mol. The SMILES string of the molecule is COCCCOCCOCc1c(CN)oc2ccccc12. The van der Waals surface area contributed by atoms with Crippen LogP contribution in [0, 0.1) is 0 Å². The molecule has 0 saturated carbocycles. The minimum absolute atomic E-state index is 0.376. The van der Waals surface area contributed by atoms with E-state index < -0.39 is 0 Å². The van der Waals surface area contributed by atoms with Gasteiger partial charge in [0.1, 0.15) is 11.3 Å². The maximum Gasteiger partial charge on any atom is 0.134 e. The minimum Gasteiger partial charge on any atom is -0.459 e. The van der Waals surface area contributed by atoms with Crippen LogP contribution in [0.15, 0.2) is 28.7 Å². The Balaban J connectivity index is 1.78. The number of ether oxygens (including phenoxy) is 3. The fourth-order valence-electron chi connectivity index (χ4n) is 2.17. The Morgan fingerprint density at radius 2 is 1.86 bits per heavy atom. The maximum atomic E-state index is 5.73. The smallest absolute Gasteiger partial charge is 0.134 e. The van der Waals surface area contributed by atoms with Gasteiger partial charge >= 0.3 is 0 Å². The fourth-order valence-corrected chi connectivity index (χ4v) is 2.17. The average molecular weight is 293 g/mol. The average Bonchev–Trinajstić information content (AvgIpc) is 2.88. The molecule has 5 heteroatoms. The molecule has 0 bridgehead atoms. The van der Waals surface area contributed by atoms with Crippen molar-refractivity contribution >= 4 is 11.0 Å². The molecular formula is C16H23NO4. The van der Waals surface area contributed by atoms with E-state index in [-0.39, 0.29) is 0 Å². The molecule has 0 spiro atoms. The normalized spacial score (nSPS) is 11.3. The first-order chi connectivity index (χ1) is 10.4. The molecule has 0 saturated heterocycles. The summed E-state index contributed by atoms with van der Waals surface area (Å²) in [5.74, 6) is 0.789. The zero-order valence-electron chi connectivity index (χ0n) is 12.5. The van der Waals surface area contributed by atoms with Crippen LogP contribution in [-0.2, 0) is 27.4 Å². The van der Waals surface area contributed by atoms with Crippen LogP contribution in [-0.4, -0.2) is 33.5 Å². The Bertz CT molecular complexity index is 538. The van der Waals surface area contributed by atoms with Gasteiger partial charge in [-0.3, -0.25) is 0 Å². The fraction of sp³-hybridized carbons (Fsp3) is 0.500. The van der Waals surface area contributed by atoms with Crippen molar-refractivity contribution in [1.29, 1.82) is 0 Å². The summed E-state index contributed by atoms with van der Waals surface area (Å²) in [7, 11) is 1.69.